The lowest BCUT2D eigenvalue weighted by Crippen LogP contribution is -2.12. The zero-order chi connectivity index (χ0) is 10.4. The van der Waals surface area contributed by atoms with Crippen LogP contribution in [-0.2, 0) is 11.3 Å². The number of rotatable bonds is 4. The van der Waals surface area contributed by atoms with E-state index in [1.807, 2.05) is 19.1 Å². The number of hydrogen-bond donors (Lipinski definition) is 2. The van der Waals surface area contributed by atoms with Gasteiger partial charge in [-0.1, -0.05) is 13.0 Å². The molecule has 0 fully saturated rings. The monoisotopic (exact) mass is 193 g/mol. The molecule has 1 aromatic heterocycles. The lowest BCUT2D eigenvalue weighted by Gasteiger charge is -2.04. The summed E-state index contributed by atoms with van der Waals surface area (Å²) in [6, 6.07) is 5.42. The average Bonchev–Trinajstić information content (AvgIpc) is 2.18. The molecule has 0 aliphatic rings. The summed E-state index contributed by atoms with van der Waals surface area (Å²) in [5, 5.41) is 2.71. The van der Waals surface area contributed by atoms with Crippen molar-refractivity contribution in [1.82, 2.24) is 4.98 Å². The molecule has 3 N–H and O–H groups in total. The maximum Gasteiger partial charge on any atom is 0.225 e. The average molecular weight is 193 g/mol. The summed E-state index contributed by atoms with van der Waals surface area (Å²) in [5.41, 5.74) is 6.21. The lowest BCUT2D eigenvalue weighted by atomic mass is 10.3. The molecule has 0 aliphatic carbocycles. The van der Waals surface area contributed by atoms with E-state index in [1.165, 1.54) is 0 Å². The molecule has 0 bridgehead atoms. The minimum absolute atomic E-state index is 0.00540. The van der Waals surface area contributed by atoms with Gasteiger partial charge in [0.05, 0.1) is 5.69 Å². The molecular formula is C10H15N3O. The number of carbonyl (C=O) groups is 1. The molecule has 1 heterocycles. The van der Waals surface area contributed by atoms with Crippen LogP contribution in [0.2, 0.25) is 0 Å². The number of pyridine rings is 1. The predicted octanol–water partition coefficient (Wildman–Crippen LogP) is 1.28. The first-order valence-electron chi connectivity index (χ1n) is 4.72. The molecule has 4 nitrogen and oxygen atoms in total. The summed E-state index contributed by atoms with van der Waals surface area (Å²) >= 11 is 0. The highest BCUT2D eigenvalue weighted by Crippen LogP contribution is 2.05. The van der Waals surface area contributed by atoms with Gasteiger partial charge in [-0.05, 0) is 18.6 Å². The second-order valence-electron chi connectivity index (χ2n) is 3.02. The zero-order valence-electron chi connectivity index (χ0n) is 8.29. The third kappa shape index (κ3) is 3.14. The molecule has 1 aromatic rings. The van der Waals surface area contributed by atoms with Crippen molar-refractivity contribution in [2.45, 2.75) is 26.3 Å². The number of nitrogens with zero attached hydrogens (tertiary/aromatic N) is 1. The molecule has 0 aromatic carbocycles. The third-order valence-corrected chi connectivity index (χ3v) is 1.76. The van der Waals surface area contributed by atoms with Gasteiger partial charge in [-0.15, -0.1) is 0 Å². The second-order valence-corrected chi connectivity index (χ2v) is 3.02. The maximum atomic E-state index is 11.2. The molecule has 4 heteroatoms. The lowest BCUT2D eigenvalue weighted by molar-refractivity contribution is -0.116. The van der Waals surface area contributed by atoms with Gasteiger partial charge in [0.15, 0.2) is 0 Å². The zero-order valence-corrected chi connectivity index (χ0v) is 8.29. The van der Waals surface area contributed by atoms with E-state index in [1.54, 1.807) is 6.07 Å². The Labute approximate surface area is 83.5 Å². The minimum atomic E-state index is -0.00540. The maximum absolute atomic E-state index is 11.2. The first-order valence-corrected chi connectivity index (χ1v) is 4.72. The predicted molar refractivity (Wildman–Crippen MR) is 55.7 cm³/mol. The van der Waals surface area contributed by atoms with E-state index in [0.29, 0.717) is 18.8 Å². The molecule has 0 radical (unpaired) electrons. The van der Waals surface area contributed by atoms with Crippen molar-refractivity contribution in [2.24, 2.45) is 5.73 Å². The molecule has 0 unspecified atom stereocenters. The molecule has 76 valence electrons. The van der Waals surface area contributed by atoms with Gasteiger partial charge < -0.3 is 11.1 Å². The van der Waals surface area contributed by atoms with Crippen LogP contribution >= 0.6 is 0 Å². The summed E-state index contributed by atoms with van der Waals surface area (Å²) in [7, 11) is 0. The highest BCUT2D eigenvalue weighted by Gasteiger charge is 2.01. The van der Waals surface area contributed by atoms with Crippen molar-refractivity contribution in [3.63, 3.8) is 0 Å². The van der Waals surface area contributed by atoms with Gasteiger partial charge in [0.1, 0.15) is 5.82 Å². The van der Waals surface area contributed by atoms with Crippen molar-refractivity contribution in [1.29, 1.82) is 0 Å². The van der Waals surface area contributed by atoms with Gasteiger partial charge in [0, 0.05) is 13.0 Å². The molecule has 1 amide bonds. The Kier molecular flexibility index (Phi) is 4.07. The minimum Gasteiger partial charge on any atom is -0.325 e. The Hall–Kier alpha value is -1.42. The Morgan fingerprint density at radius 1 is 1.57 bits per heavy atom. The summed E-state index contributed by atoms with van der Waals surface area (Å²) in [4.78, 5) is 15.4. The van der Waals surface area contributed by atoms with Crippen LogP contribution in [0.1, 0.15) is 25.5 Å². The van der Waals surface area contributed by atoms with Crippen molar-refractivity contribution in [2.75, 3.05) is 5.32 Å². The second kappa shape index (κ2) is 5.34. The van der Waals surface area contributed by atoms with Crippen LogP contribution in [0.25, 0.3) is 0 Å². The van der Waals surface area contributed by atoms with Crippen LogP contribution in [0.4, 0.5) is 5.82 Å². The number of nitrogens with two attached hydrogens (primary N) is 1. The molecule has 1 rings (SSSR count). The quantitative estimate of drug-likeness (QED) is 0.756. The highest BCUT2D eigenvalue weighted by atomic mass is 16.1. The molecular weight excluding hydrogens is 178 g/mol. The standard InChI is InChI=1S/C10H15N3O/c1-2-4-10(14)13-9-6-3-5-8(7-11)12-9/h3,5-6H,2,4,7,11H2,1H3,(H,12,13,14). The third-order valence-electron chi connectivity index (χ3n) is 1.76. The van der Waals surface area contributed by atoms with E-state index in [-0.39, 0.29) is 5.91 Å². The highest BCUT2D eigenvalue weighted by molar-refractivity contribution is 5.89. The molecule has 14 heavy (non-hydrogen) atoms. The SMILES string of the molecule is CCCC(=O)Nc1cccc(CN)n1. The van der Waals surface area contributed by atoms with Crippen molar-refractivity contribution < 1.29 is 4.79 Å². The van der Waals surface area contributed by atoms with Crippen LogP contribution in [0.15, 0.2) is 18.2 Å². The summed E-state index contributed by atoms with van der Waals surface area (Å²) < 4.78 is 0. The van der Waals surface area contributed by atoms with Gasteiger partial charge in [0.25, 0.3) is 0 Å². The first-order chi connectivity index (χ1) is 6.76. The van der Waals surface area contributed by atoms with Gasteiger partial charge in [-0.25, -0.2) is 4.98 Å². The van der Waals surface area contributed by atoms with E-state index >= 15 is 0 Å². The van der Waals surface area contributed by atoms with E-state index in [9.17, 15) is 4.79 Å². The van der Waals surface area contributed by atoms with Gasteiger partial charge >= 0.3 is 0 Å². The van der Waals surface area contributed by atoms with E-state index in [0.717, 1.165) is 12.1 Å². The Morgan fingerprint density at radius 3 is 3.00 bits per heavy atom. The van der Waals surface area contributed by atoms with Crippen molar-refractivity contribution in [3.8, 4) is 0 Å². The van der Waals surface area contributed by atoms with Gasteiger partial charge in [0.2, 0.25) is 5.91 Å². The van der Waals surface area contributed by atoms with Crippen LogP contribution in [-0.4, -0.2) is 10.9 Å². The fourth-order valence-electron chi connectivity index (χ4n) is 1.10. The van der Waals surface area contributed by atoms with Crippen LogP contribution < -0.4 is 11.1 Å². The first kappa shape index (κ1) is 10.7. The fourth-order valence-corrected chi connectivity index (χ4v) is 1.10. The van der Waals surface area contributed by atoms with E-state index in [4.69, 9.17) is 5.73 Å². The molecule has 0 atom stereocenters. The van der Waals surface area contributed by atoms with Crippen molar-refractivity contribution >= 4 is 11.7 Å². The van der Waals surface area contributed by atoms with Gasteiger partial charge in [-0.3, -0.25) is 4.79 Å². The fraction of sp³-hybridized carbons (Fsp3) is 0.400. The molecule has 0 spiro atoms. The van der Waals surface area contributed by atoms with E-state index < -0.39 is 0 Å². The van der Waals surface area contributed by atoms with Gasteiger partial charge in [-0.2, -0.15) is 0 Å². The van der Waals surface area contributed by atoms with Crippen LogP contribution in [0, 0.1) is 0 Å². The molecule has 0 aliphatic heterocycles. The van der Waals surface area contributed by atoms with Crippen LogP contribution in [0.3, 0.4) is 0 Å². The summed E-state index contributed by atoms with van der Waals surface area (Å²) in [6.45, 7) is 2.35. The van der Waals surface area contributed by atoms with Crippen LogP contribution in [0.5, 0.6) is 0 Å². The number of nitrogens with one attached hydrogen (secondary N) is 1. The topological polar surface area (TPSA) is 68.0 Å². The smallest absolute Gasteiger partial charge is 0.225 e. The molecule has 0 saturated heterocycles. The normalized spacial score (nSPS) is 9.86. The van der Waals surface area contributed by atoms with Crippen molar-refractivity contribution in [3.05, 3.63) is 23.9 Å². The number of amides is 1. The summed E-state index contributed by atoms with van der Waals surface area (Å²) in [5.74, 6) is 0.570. The summed E-state index contributed by atoms with van der Waals surface area (Å²) in [6.07, 6.45) is 1.36. The number of aromatic nitrogens is 1. The Morgan fingerprint density at radius 2 is 2.36 bits per heavy atom. The number of anilines is 1. The Bertz CT molecular complexity index is 312. The molecule has 0 saturated carbocycles. The Balaban J connectivity index is 2.62. The number of carbonyl (C=O) groups excluding carboxylic acids is 1. The van der Waals surface area contributed by atoms with E-state index in [2.05, 4.69) is 10.3 Å². The largest absolute Gasteiger partial charge is 0.325 e. The number of hydrogen-bond acceptors (Lipinski definition) is 3.